The summed E-state index contributed by atoms with van der Waals surface area (Å²) in [6.45, 7) is 3.56. The first-order valence-corrected chi connectivity index (χ1v) is 8.26. The van der Waals surface area contributed by atoms with Crippen LogP contribution < -0.4 is 10.0 Å². The van der Waals surface area contributed by atoms with Gasteiger partial charge in [-0.25, -0.2) is 8.42 Å². The van der Waals surface area contributed by atoms with E-state index in [1.54, 1.807) is 13.8 Å². The number of benzene rings is 1. The van der Waals surface area contributed by atoms with Gasteiger partial charge in [0.2, 0.25) is 15.9 Å². The zero-order chi connectivity index (χ0) is 17.1. The first kappa shape index (κ1) is 18.3. The molecule has 0 aromatic heterocycles. The Morgan fingerprint density at radius 2 is 1.82 bits per heavy atom. The van der Waals surface area contributed by atoms with Crippen LogP contribution in [-0.2, 0) is 21.0 Å². The standard InChI is InChI=1S/C13H17F3N2O3S/c1-8(2)6-12(19)17-11-7-9(13(14,15)16)4-5-10(11)18-22(3,20)21/h4-5,7-8,18H,6H2,1-3H3,(H,17,19). The molecular formula is C13H17F3N2O3S. The summed E-state index contributed by atoms with van der Waals surface area (Å²) in [4.78, 5) is 11.7. The highest BCUT2D eigenvalue weighted by Crippen LogP contribution is 2.34. The highest BCUT2D eigenvalue weighted by atomic mass is 32.2. The largest absolute Gasteiger partial charge is 0.416 e. The summed E-state index contributed by atoms with van der Waals surface area (Å²) >= 11 is 0. The number of carbonyl (C=O) groups is 1. The molecule has 0 aliphatic heterocycles. The normalized spacial score (nSPS) is 12.3. The van der Waals surface area contributed by atoms with E-state index in [1.807, 2.05) is 0 Å². The van der Waals surface area contributed by atoms with Crippen molar-refractivity contribution >= 4 is 27.3 Å². The topological polar surface area (TPSA) is 75.3 Å². The van der Waals surface area contributed by atoms with Gasteiger partial charge in [0.25, 0.3) is 0 Å². The van der Waals surface area contributed by atoms with Crippen LogP contribution in [0.5, 0.6) is 0 Å². The number of hydrogen-bond acceptors (Lipinski definition) is 3. The highest BCUT2D eigenvalue weighted by Gasteiger charge is 2.31. The van der Waals surface area contributed by atoms with Gasteiger partial charge in [-0.3, -0.25) is 9.52 Å². The van der Waals surface area contributed by atoms with Gasteiger partial charge in [0.15, 0.2) is 0 Å². The van der Waals surface area contributed by atoms with Crippen molar-refractivity contribution in [1.29, 1.82) is 0 Å². The second-order valence-corrected chi connectivity index (χ2v) is 7.03. The van der Waals surface area contributed by atoms with Crippen molar-refractivity contribution in [2.45, 2.75) is 26.4 Å². The molecule has 9 heteroatoms. The van der Waals surface area contributed by atoms with Gasteiger partial charge in [0.05, 0.1) is 23.2 Å². The molecule has 1 aromatic carbocycles. The maximum absolute atomic E-state index is 12.7. The van der Waals surface area contributed by atoms with Crippen molar-refractivity contribution < 1.29 is 26.4 Å². The third kappa shape index (κ3) is 5.92. The number of amides is 1. The number of nitrogens with one attached hydrogen (secondary N) is 2. The van der Waals surface area contributed by atoms with E-state index in [2.05, 4.69) is 10.0 Å². The molecule has 5 nitrogen and oxygen atoms in total. The quantitative estimate of drug-likeness (QED) is 0.866. The Balaban J connectivity index is 3.19. The number of carbonyl (C=O) groups excluding carboxylic acids is 1. The second kappa shape index (κ2) is 6.55. The number of hydrogen-bond donors (Lipinski definition) is 2. The Morgan fingerprint density at radius 3 is 2.27 bits per heavy atom. The zero-order valence-electron chi connectivity index (χ0n) is 12.3. The number of alkyl halides is 3. The Labute approximate surface area is 127 Å². The van der Waals surface area contributed by atoms with E-state index in [0.717, 1.165) is 18.4 Å². The maximum Gasteiger partial charge on any atom is 0.416 e. The van der Waals surface area contributed by atoms with Gasteiger partial charge < -0.3 is 5.32 Å². The van der Waals surface area contributed by atoms with Gasteiger partial charge in [-0.15, -0.1) is 0 Å². The fourth-order valence-corrected chi connectivity index (χ4v) is 2.26. The second-order valence-electron chi connectivity index (χ2n) is 5.28. The van der Waals surface area contributed by atoms with Crippen molar-refractivity contribution in [3.63, 3.8) is 0 Å². The minimum atomic E-state index is -4.60. The van der Waals surface area contributed by atoms with Crippen molar-refractivity contribution in [3.8, 4) is 0 Å². The summed E-state index contributed by atoms with van der Waals surface area (Å²) in [7, 11) is -3.69. The van der Waals surface area contributed by atoms with E-state index in [9.17, 15) is 26.4 Å². The Morgan fingerprint density at radius 1 is 1.23 bits per heavy atom. The van der Waals surface area contributed by atoms with E-state index in [1.165, 1.54) is 0 Å². The molecule has 0 saturated carbocycles. The van der Waals surface area contributed by atoms with E-state index in [-0.39, 0.29) is 23.7 Å². The molecule has 22 heavy (non-hydrogen) atoms. The molecule has 0 saturated heterocycles. The summed E-state index contributed by atoms with van der Waals surface area (Å²) in [6, 6.07) is 2.41. The molecule has 0 aliphatic rings. The number of sulfonamides is 1. The molecule has 0 spiro atoms. The van der Waals surface area contributed by atoms with Crippen LogP contribution in [0.15, 0.2) is 18.2 Å². The van der Waals surface area contributed by atoms with Crippen molar-refractivity contribution in [2.24, 2.45) is 5.92 Å². The molecule has 1 amide bonds. The van der Waals surface area contributed by atoms with Gasteiger partial charge in [0.1, 0.15) is 0 Å². The van der Waals surface area contributed by atoms with Gasteiger partial charge in [-0.1, -0.05) is 13.8 Å². The third-order valence-electron chi connectivity index (χ3n) is 2.51. The molecular weight excluding hydrogens is 321 g/mol. The lowest BCUT2D eigenvalue weighted by atomic mass is 10.1. The van der Waals surface area contributed by atoms with Gasteiger partial charge in [-0.05, 0) is 24.1 Å². The smallest absolute Gasteiger partial charge is 0.324 e. The minimum Gasteiger partial charge on any atom is -0.324 e. The van der Waals surface area contributed by atoms with Crippen LogP contribution >= 0.6 is 0 Å². The van der Waals surface area contributed by atoms with E-state index in [4.69, 9.17) is 0 Å². The number of rotatable bonds is 5. The Bertz CT molecular complexity index is 655. The molecule has 2 N–H and O–H groups in total. The fraction of sp³-hybridized carbons (Fsp3) is 0.462. The van der Waals surface area contributed by atoms with Gasteiger partial charge in [-0.2, -0.15) is 13.2 Å². The average Bonchev–Trinajstić information content (AvgIpc) is 2.26. The SMILES string of the molecule is CC(C)CC(=O)Nc1cc(C(F)(F)F)ccc1NS(C)(=O)=O. The molecule has 0 heterocycles. The maximum atomic E-state index is 12.7. The van der Waals surface area contributed by atoms with Crippen LogP contribution in [0.3, 0.4) is 0 Å². The minimum absolute atomic E-state index is 0.0112. The molecule has 0 aliphatic carbocycles. The first-order valence-electron chi connectivity index (χ1n) is 6.37. The summed E-state index contributed by atoms with van der Waals surface area (Å²) in [6.07, 6.45) is -3.62. The van der Waals surface area contributed by atoms with Crippen molar-refractivity contribution in [3.05, 3.63) is 23.8 Å². The predicted octanol–water partition coefficient (Wildman–Crippen LogP) is 3.06. The highest BCUT2D eigenvalue weighted by molar-refractivity contribution is 7.92. The fourth-order valence-electron chi connectivity index (χ4n) is 1.68. The third-order valence-corrected chi connectivity index (χ3v) is 3.10. The van der Waals surface area contributed by atoms with Crippen LogP contribution in [0, 0.1) is 5.92 Å². The van der Waals surface area contributed by atoms with Crippen LogP contribution in [-0.4, -0.2) is 20.6 Å². The molecule has 0 bridgehead atoms. The van der Waals surface area contributed by atoms with Crippen LogP contribution in [0.4, 0.5) is 24.5 Å². The molecule has 1 aromatic rings. The molecule has 124 valence electrons. The molecule has 1 rings (SSSR count). The summed E-state index contributed by atoms with van der Waals surface area (Å²) in [5, 5.41) is 2.31. The monoisotopic (exact) mass is 338 g/mol. The van der Waals surface area contributed by atoms with Gasteiger partial charge in [0, 0.05) is 6.42 Å². The molecule has 0 fully saturated rings. The lowest BCUT2D eigenvalue weighted by molar-refractivity contribution is -0.137. The Hall–Kier alpha value is -1.77. The summed E-state index contributed by atoms with van der Waals surface area (Å²) < 4.78 is 62.8. The summed E-state index contributed by atoms with van der Waals surface area (Å²) in [5.74, 6) is -0.483. The zero-order valence-corrected chi connectivity index (χ0v) is 13.1. The molecule has 0 radical (unpaired) electrons. The van der Waals surface area contributed by atoms with Crippen LogP contribution in [0.25, 0.3) is 0 Å². The van der Waals surface area contributed by atoms with Crippen LogP contribution in [0.1, 0.15) is 25.8 Å². The first-order chi connectivity index (χ1) is 9.88. The van der Waals surface area contributed by atoms with E-state index in [0.29, 0.717) is 6.07 Å². The number of anilines is 2. The van der Waals surface area contributed by atoms with Gasteiger partial charge >= 0.3 is 6.18 Å². The Kier molecular flexibility index (Phi) is 5.44. The average molecular weight is 338 g/mol. The van der Waals surface area contributed by atoms with Crippen molar-refractivity contribution in [2.75, 3.05) is 16.3 Å². The summed E-state index contributed by atoms with van der Waals surface area (Å²) in [5.41, 5.74) is -1.33. The number of halogens is 3. The van der Waals surface area contributed by atoms with Crippen molar-refractivity contribution in [1.82, 2.24) is 0 Å². The predicted molar refractivity (Wildman–Crippen MR) is 78.0 cm³/mol. The lowest BCUT2D eigenvalue weighted by Gasteiger charge is -2.15. The molecule has 0 atom stereocenters. The van der Waals surface area contributed by atoms with E-state index >= 15 is 0 Å². The lowest BCUT2D eigenvalue weighted by Crippen LogP contribution is -2.18. The van der Waals surface area contributed by atoms with E-state index < -0.39 is 27.7 Å². The van der Waals surface area contributed by atoms with Crippen LogP contribution in [0.2, 0.25) is 0 Å². The molecule has 0 unspecified atom stereocenters.